The van der Waals surface area contributed by atoms with Crippen molar-refractivity contribution in [2.75, 3.05) is 6.54 Å². The van der Waals surface area contributed by atoms with E-state index < -0.39 is 0 Å². The molecule has 0 aliphatic carbocycles. The molecule has 1 aliphatic rings. The fourth-order valence-corrected chi connectivity index (χ4v) is 4.94. The van der Waals surface area contributed by atoms with Gasteiger partial charge >= 0.3 is 0 Å². The molecule has 0 fully saturated rings. The number of hydrogen-bond donors (Lipinski definition) is 1. The lowest BCUT2D eigenvalue weighted by atomic mass is 9.99. The molecule has 0 spiro atoms. The van der Waals surface area contributed by atoms with Crippen LogP contribution in [0, 0.1) is 20.8 Å². The van der Waals surface area contributed by atoms with E-state index in [1.807, 2.05) is 24.3 Å². The SMILES string of the molecule is Cc1ccc(-n2c(C)cc(/C=N\NC(=O)c3ccc(CN4CCc5ccccc5C4)cc3)c2C)cc1. The summed E-state index contributed by atoms with van der Waals surface area (Å²) < 4.78 is 2.20. The Morgan fingerprint density at radius 1 is 0.944 bits per heavy atom. The van der Waals surface area contributed by atoms with Crippen LogP contribution in [0.15, 0.2) is 84.0 Å². The first-order chi connectivity index (χ1) is 17.5. The van der Waals surface area contributed by atoms with E-state index >= 15 is 0 Å². The summed E-state index contributed by atoms with van der Waals surface area (Å²) in [7, 11) is 0. The van der Waals surface area contributed by atoms with E-state index in [9.17, 15) is 4.79 Å². The van der Waals surface area contributed by atoms with Gasteiger partial charge in [-0.15, -0.1) is 0 Å². The minimum Gasteiger partial charge on any atom is -0.318 e. The molecule has 0 unspecified atom stereocenters. The molecule has 0 atom stereocenters. The number of nitrogens with zero attached hydrogens (tertiary/aromatic N) is 3. The van der Waals surface area contributed by atoms with Crippen molar-refractivity contribution in [3.05, 3.63) is 124 Å². The van der Waals surface area contributed by atoms with Crippen LogP contribution in [0.5, 0.6) is 0 Å². The number of benzene rings is 3. The average molecular weight is 477 g/mol. The third kappa shape index (κ3) is 5.16. The second kappa shape index (κ2) is 10.3. The highest BCUT2D eigenvalue weighted by atomic mass is 16.2. The zero-order chi connectivity index (χ0) is 25.1. The molecule has 4 aromatic rings. The summed E-state index contributed by atoms with van der Waals surface area (Å²) in [5.41, 5.74) is 12.9. The van der Waals surface area contributed by atoms with E-state index in [1.165, 1.54) is 22.3 Å². The van der Waals surface area contributed by atoms with E-state index in [2.05, 4.69) is 95.4 Å². The van der Waals surface area contributed by atoms with Gasteiger partial charge in [-0.05, 0) is 74.2 Å². The quantitative estimate of drug-likeness (QED) is 0.286. The van der Waals surface area contributed by atoms with Gasteiger partial charge in [-0.2, -0.15) is 5.10 Å². The zero-order valence-electron chi connectivity index (χ0n) is 21.2. The molecule has 5 heteroatoms. The number of hydrazone groups is 1. The lowest BCUT2D eigenvalue weighted by Crippen LogP contribution is -2.30. The first kappa shape index (κ1) is 23.8. The van der Waals surface area contributed by atoms with Gasteiger partial charge in [-0.25, -0.2) is 5.43 Å². The molecular formula is C31H32N4O. The largest absolute Gasteiger partial charge is 0.318 e. The van der Waals surface area contributed by atoms with Crippen LogP contribution in [-0.2, 0) is 19.5 Å². The number of carbonyl (C=O) groups excluding carboxylic acids is 1. The molecule has 182 valence electrons. The molecule has 0 saturated heterocycles. The monoisotopic (exact) mass is 476 g/mol. The predicted octanol–water partition coefficient (Wildman–Crippen LogP) is 5.72. The molecule has 1 aromatic heterocycles. The lowest BCUT2D eigenvalue weighted by Gasteiger charge is -2.28. The van der Waals surface area contributed by atoms with Gasteiger partial charge in [0.05, 0.1) is 6.21 Å². The second-order valence-electron chi connectivity index (χ2n) is 9.62. The maximum Gasteiger partial charge on any atom is 0.271 e. The number of carbonyl (C=O) groups is 1. The van der Waals surface area contributed by atoms with Crippen molar-refractivity contribution < 1.29 is 4.79 Å². The summed E-state index contributed by atoms with van der Waals surface area (Å²) >= 11 is 0. The molecule has 0 bridgehead atoms. The second-order valence-corrected chi connectivity index (χ2v) is 9.62. The van der Waals surface area contributed by atoms with Gasteiger partial charge in [0.15, 0.2) is 0 Å². The molecule has 1 aliphatic heterocycles. The number of hydrogen-bond acceptors (Lipinski definition) is 3. The van der Waals surface area contributed by atoms with Crippen molar-refractivity contribution in [2.45, 2.75) is 40.3 Å². The van der Waals surface area contributed by atoms with E-state index in [0.29, 0.717) is 5.56 Å². The number of aromatic nitrogens is 1. The summed E-state index contributed by atoms with van der Waals surface area (Å²) in [6, 6.07) is 27.0. The van der Waals surface area contributed by atoms with Gasteiger partial charge in [-0.3, -0.25) is 9.69 Å². The molecule has 2 heterocycles. The van der Waals surface area contributed by atoms with Crippen LogP contribution in [0.4, 0.5) is 0 Å². The molecule has 5 rings (SSSR count). The van der Waals surface area contributed by atoms with Crippen LogP contribution in [0.3, 0.4) is 0 Å². The van der Waals surface area contributed by atoms with Gasteiger partial charge < -0.3 is 4.57 Å². The van der Waals surface area contributed by atoms with E-state index in [1.54, 1.807) is 6.21 Å². The van der Waals surface area contributed by atoms with Crippen LogP contribution in [0.1, 0.15) is 49.6 Å². The van der Waals surface area contributed by atoms with Gasteiger partial charge in [0.25, 0.3) is 5.91 Å². The number of aryl methyl sites for hydroxylation is 2. The summed E-state index contributed by atoms with van der Waals surface area (Å²) in [4.78, 5) is 15.1. The first-order valence-corrected chi connectivity index (χ1v) is 12.5. The molecule has 3 aromatic carbocycles. The highest BCUT2D eigenvalue weighted by Crippen LogP contribution is 2.21. The van der Waals surface area contributed by atoms with Crippen LogP contribution in [-0.4, -0.2) is 28.1 Å². The summed E-state index contributed by atoms with van der Waals surface area (Å²) in [5.74, 6) is -0.211. The molecule has 1 amide bonds. The molecule has 0 saturated carbocycles. The van der Waals surface area contributed by atoms with Crippen LogP contribution >= 0.6 is 0 Å². The van der Waals surface area contributed by atoms with Crippen molar-refractivity contribution in [3.8, 4) is 5.69 Å². The van der Waals surface area contributed by atoms with Gasteiger partial charge in [-0.1, -0.05) is 54.1 Å². The van der Waals surface area contributed by atoms with Crippen molar-refractivity contribution >= 4 is 12.1 Å². The van der Waals surface area contributed by atoms with Crippen molar-refractivity contribution in [2.24, 2.45) is 5.10 Å². The number of fused-ring (bicyclic) bond motifs is 1. The number of nitrogens with one attached hydrogen (secondary N) is 1. The van der Waals surface area contributed by atoms with Crippen molar-refractivity contribution in [3.63, 3.8) is 0 Å². The highest BCUT2D eigenvalue weighted by molar-refractivity contribution is 5.95. The number of rotatable bonds is 6. The van der Waals surface area contributed by atoms with E-state index in [0.717, 1.165) is 48.7 Å². The highest BCUT2D eigenvalue weighted by Gasteiger charge is 2.16. The Bertz CT molecular complexity index is 1400. The number of amides is 1. The normalized spacial score (nSPS) is 13.6. The topological polar surface area (TPSA) is 49.6 Å². The summed E-state index contributed by atoms with van der Waals surface area (Å²) in [6.45, 7) is 9.13. The molecule has 0 radical (unpaired) electrons. The molecule has 36 heavy (non-hydrogen) atoms. The average Bonchev–Trinajstić information content (AvgIpc) is 3.17. The smallest absolute Gasteiger partial charge is 0.271 e. The Hall–Kier alpha value is -3.96. The Kier molecular flexibility index (Phi) is 6.83. The maximum absolute atomic E-state index is 12.6. The maximum atomic E-state index is 12.6. The van der Waals surface area contributed by atoms with Gasteiger partial charge in [0.2, 0.25) is 0 Å². The Labute approximate surface area is 213 Å². The minimum atomic E-state index is -0.211. The standard InChI is InChI=1S/C31H32N4O/c1-22-8-14-30(15-9-22)35-23(2)18-29(24(35)3)19-32-33-31(36)27-12-10-25(11-13-27)20-34-17-16-26-6-4-5-7-28(26)21-34/h4-15,18-19H,16-17,20-21H2,1-3H3,(H,33,36)/b32-19-. The third-order valence-corrected chi connectivity index (χ3v) is 6.96. The molecule has 1 N–H and O–H groups in total. The predicted molar refractivity (Wildman–Crippen MR) is 146 cm³/mol. The Balaban J connectivity index is 1.19. The Morgan fingerprint density at radius 3 is 2.42 bits per heavy atom. The molecule has 5 nitrogen and oxygen atoms in total. The van der Waals surface area contributed by atoms with Crippen molar-refractivity contribution in [1.29, 1.82) is 0 Å². The zero-order valence-corrected chi connectivity index (χ0v) is 21.2. The fourth-order valence-electron chi connectivity index (χ4n) is 4.94. The summed E-state index contributed by atoms with van der Waals surface area (Å²) in [6.07, 6.45) is 2.80. The fraction of sp³-hybridized carbons (Fsp3) is 0.226. The van der Waals surface area contributed by atoms with E-state index in [4.69, 9.17) is 0 Å². The van der Waals surface area contributed by atoms with Gasteiger partial charge in [0.1, 0.15) is 0 Å². The van der Waals surface area contributed by atoms with Crippen LogP contribution in [0.2, 0.25) is 0 Å². The van der Waals surface area contributed by atoms with Gasteiger partial charge in [0, 0.05) is 47.8 Å². The first-order valence-electron chi connectivity index (χ1n) is 12.5. The Morgan fingerprint density at radius 2 is 1.67 bits per heavy atom. The van der Waals surface area contributed by atoms with Crippen LogP contribution in [0.25, 0.3) is 5.69 Å². The van der Waals surface area contributed by atoms with Crippen molar-refractivity contribution in [1.82, 2.24) is 14.9 Å². The molecular weight excluding hydrogens is 444 g/mol. The third-order valence-electron chi connectivity index (χ3n) is 6.96. The van der Waals surface area contributed by atoms with E-state index in [-0.39, 0.29) is 5.91 Å². The minimum absolute atomic E-state index is 0.211. The van der Waals surface area contributed by atoms with Crippen LogP contribution < -0.4 is 5.43 Å². The lowest BCUT2D eigenvalue weighted by molar-refractivity contribution is 0.0955. The summed E-state index contributed by atoms with van der Waals surface area (Å²) in [5, 5.41) is 4.23.